The number of nitrogens with one attached hydrogen (secondary N) is 1. The lowest BCUT2D eigenvalue weighted by Crippen LogP contribution is -2.43. The van der Waals surface area contributed by atoms with Crippen LogP contribution in [0.25, 0.3) is 0 Å². The molecule has 3 N–H and O–H groups in total. The summed E-state index contributed by atoms with van der Waals surface area (Å²) in [6, 6.07) is 4.11. The van der Waals surface area contributed by atoms with Gasteiger partial charge in [-0.2, -0.15) is 0 Å². The van der Waals surface area contributed by atoms with Crippen LogP contribution in [0.15, 0.2) is 12.1 Å². The fourth-order valence-electron chi connectivity index (χ4n) is 1.90. The quantitative estimate of drug-likeness (QED) is 0.821. The van der Waals surface area contributed by atoms with Crippen molar-refractivity contribution in [3.05, 3.63) is 27.7 Å². The average Bonchev–Trinajstić information content (AvgIpc) is 2.10. The van der Waals surface area contributed by atoms with Crippen molar-refractivity contribution in [1.29, 1.82) is 0 Å². The molecule has 2 nitrogen and oxygen atoms in total. The highest BCUT2D eigenvalue weighted by molar-refractivity contribution is 6.38. The Hall–Kier alpha value is -0.440. The molecule has 4 heteroatoms. The van der Waals surface area contributed by atoms with E-state index < -0.39 is 0 Å². The predicted molar refractivity (Wildman–Crippen MR) is 76.9 cm³/mol. The zero-order chi connectivity index (χ0) is 13.2. The third-order valence-corrected chi connectivity index (χ3v) is 2.99. The second-order valence-electron chi connectivity index (χ2n) is 5.47. The van der Waals surface area contributed by atoms with Gasteiger partial charge in [-0.1, -0.05) is 23.2 Å². The molecular weight excluding hydrogens is 255 g/mol. The van der Waals surface area contributed by atoms with Gasteiger partial charge in [-0.15, -0.1) is 0 Å². The van der Waals surface area contributed by atoms with E-state index in [0.29, 0.717) is 21.8 Å². The van der Waals surface area contributed by atoms with Gasteiger partial charge < -0.3 is 11.1 Å². The van der Waals surface area contributed by atoms with Gasteiger partial charge in [-0.3, -0.25) is 0 Å². The molecule has 0 saturated carbocycles. The lowest BCUT2D eigenvalue weighted by Gasteiger charge is -2.26. The van der Waals surface area contributed by atoms with Crippen LogP contribution in [0.2, 0.25) is 10.0 Å². The maximum Gasteiger partial charge on any atom is 0.0693 e. The lowest BCUT2D eigenvalue weighted by atomic mass is 10.0. The summed E-state index contributed by atoms with van der Waals surface area (Å²) < 4.78 is 0. The largest absolute Gasteiger partial charge is 0.396 e. The van der Waals surface area contributed by atoms with Crippen LogP contribution in [0.3, 0.4) is 0 Å². The Kier molecular flexibility index (Phi) is 4.70. The molecule has 1 atom stereocenters. The number of nitrogen functional groups attached to an aromatic ring is 1. The van der Waals surface area contributed by atoms with Crippen LogP contribution in [-0.4, -0.2) is 11.6 Å². The first kappa shape index (κ1) is 14.6. The number of benzene rings is 1. The third kappa shape index (κ3) is 4.74. The minimum absolute atomic E-state index is 0.0980. The molecule has 0 fully saturated rings. The summed E-state index contributed by atoms with van der Waals surface area (Å²) in [7, 11) is 0. The molecule has 0 spiro atoms. The van der Waals surface area contributed by atoms with Gasteiger partial charge in [0.15, 0.2) is 0 Å². The van der Waals surface area contributed by atoms with Crippen LogP contribution in [-0.2, 0) is 6.42 Å². The van der Waals surface area contributed by atoms with Gasteiger partial charge in [0, 0.05) is 11.6 Å². The Bertz CT molecular complexity index is 374. The van der Waals surface area contributed by atoms with Crippen molar-refractivity contribution in [3.63, 3.8) is 0 Å². The number of anilines is 1. The maximum atomic E-state index is 6.01. The summed E-state index contributed by atoms with van der Waals surface area (Å²) in [5, 5.41) is 4.55. The third-order valence-electron chi connectivity index (χ3n) is 2.36. The number of hydrogen-bond donors (Lipinski definition) is 2. The molecule has 0 bridgehead atoms. The highest BCUT2D eigenvalue weighted by atomic mass is 35.5. The first-order valence-electron chi connectivity index (χ1n) is 5.70. The topological polar surface area (TPSA) is 38.0 Å². The number of rotatable bonds is 3. The minimum Gasteiger partial charge on any atom is -0.396 e. The number of nitrogens with two attached hydrogens (primary N) is 1. The van der Waals surface area contributed by atoms with E-state index in [4.69, 9.17) is 28.9 Å². The maximum absolute atomic E-state index is 6.01. The monoisotopic (exact) mass is 274 g/mol. The van der Waals surface area contributed by atoms with Gasteiger partial charge in [-0.05, 0) is 51.8 Å². The van der Waals surface area contributed by atoms with Crippen LogP contribution in [0, 0.1) is 0 Å². The van der Waals surface area contributed by atoms with E-state index >= 15 is 0 Å². The van der Waals surface area contributed by atoms with Crippen LogP contribution in [0.1, 0.15) is 33.3 Å². The SMILES string of the molecule is CC(Cc1cc(Cl)c(N)c(Cl)c1)NC(C)(C)C. The minimum atomic E-state index is 0.0980. The lowest BCUT2D eigenvalue weighted by molar-refractivity contribution is 0.371. The molecule has 1 rings (SSSR count). The highest BCUT2D eigenvalue weighted by Crippen LogP contribution is 2.29. The van der Waals surface area contributed by atoms with Gasteiger partial charge >= 0.3 is 0 Å². The summed E-state index contributed by atoms with van der Waals surface area (Å²) in [4.78, 5) is 0. The summed E-state index contributed by atoms with van der Waals surface area (Å²) in [6.07, 6.45) is 0.872. The van der Waals surface area contributed by atoms with Crippen LogP contribution in [0.4, 0.5) is 5.69 Å². The Morgan fingerprint density at radius 1 is 1.24 bits per heavy atom. The van der Waals surface area contributed by atoms with E-state index in [9.17, 15) is 0 Å². The second kappa shape index (κ2) is 5.47. The van der Waals surface area contributed by atoms with Gasteiger partial charge in [-0.25, -0.2) is 0 Å². The number of halogens is 2. The first-order valence-corrected chi connectivity index (χ1v) is 6.46. The Labute approximate surface area is 113 Å². The number of hydrogen-bond acceptors (Lipinski definition) is 2. The molecule has 0 aliphatic carbocycles. The summed E-state index contributed by atoms with van der Waals surface area (Å²) in [6.45, 7) is 8.58. The molecule has 1 unspecified atom stereocenters. The van der Waals surface area contributed by atoms with E-state index in [-0.39, 0.29) is 5.54 Å². The van der Waals surface area contributed by atoms with E-state index in [0.717, 1.165) is 12.0 Å². The Morgan fingerprint density at radius 3 is 2.12 bits per heavy atom. The Balaban J connectivity index is 2.76. The molecule has 0 amide bonds. The van der Waals surface area contributed by atoms with E-state index in [1.165, 1.54) is 0 Å². The van der Waals surface area contributed by atoms with Crippen LogP contribution in [0.5, 0.6) is 0 Å². The fourth-order valence-corrected chi connectivity index (χ4v) is 2.43. The summed E-state index contributed by atoms with van der Waals surface area (Å²) in [5.41, 5.74) is 7.35. The normalized spacial score (nSPS) is 13.8. The van der Waals surface area contributed by atoms with E-state index in [1.807, 2.05) is 12.1 Å². The second-order valence-corrected chi connectivity index (χ2v) is 6.29. The summed E-state index contributed by atoms with van der Waals surface area (Å²) in [5.74, 6) is 0. The molecule has 0 heterocycles. The van der Waals surface area contributed by atoms with Crippen molar-refractivity contribution in [2.75, 3.05) is 5.73 Å². The standard InChI is InChI=1S/C13H20Cl2N2/c1-8(17-13(2,3)4)5-9-6-10(14)12(16)11(15)7-9/h6-8,17H,5,16H2,1-4H3. The molecule has 0 aromatic heterocycles. The van der Waals surface area contributed by atoms with Crippen molar-refractivity contribution in [2.24, 2.45) is 0 Å². The van der Waals surface area contributed by atoms with Crippen LogP contribution >= 0.6 is 23.2 Å². The summed E-state index contributed by atoms with van der Waals surface area (Å²) >= 11 is 12.0. The molecule has 0 aliphatic heterocycles. The zero-order valence-electron chi connectivity index (χ0n) is 10.8. The van der Waals surface area contributed by atoms with Crippen LogP contribution < -0.4 is 11.1 Å². The van der Waals surface area contributed by atoms with Gasteiger partial charge in [0.2, 0.25) is 0 Å². The van der Waals surface area contributed by atoms with Crippen molar-refractivity contribution >= 4 is 28.9 Å². The zero-order valence-corrected chi connectivity index (χ0v) is 12.3. The van der Waals surface area contributed by atoms with Gasteiger partial charge in [0.1, 0.15) is 0 Å². The molecule has 96 valence electrons. The average molecular weight is 275 g/mol. The van der Waals surface area contributed by atoms with Crippen molar-refractivity contribution in [2.45, 2.75) is 45.7 Å². The molecule has 1 aromatic carbocycles. The van der Waals surface area contributed by atoms with E-state index in [2.05, 4.69) is 33.0 Å². The molecule has 1 aromatic rings. The molecule has 0 aliphatic rings. The van der Waals surface area contributed by atoms with Crippen molar-refractivity contribution in [3.8, 4) is 0 Å². The molecule has 0 saturated heterocycles. The first-order chi connectivity index (χ1) is 7.69. The molecule has 0 radical (unpaired) electrons. The predicted octanol–water partition coefficient (Wildman–Crippen LogP) is 3.89. The molecular formula is C13H20Cl2N2. The Morgan fingerprint density at radius 2 is 1.71 bits per heavy atom. The van der Waals surface area contributed by atoms with Gasteiger partial charge in [0.05, 0.1) is 15.7 Å². The fraction of sp³-hybridized carbons (Fsp3) is 0.538. The highest BCUT2D eigenvalue weighted by Gasteiger charge is 2.14. The molecule has 17 heavy (non-hydrogen) atoms. The van der Waals surface area contributed by atoms with Crippen molar-refractivity contribution in [1.82, 2.24) is 5.32 Å². The van der Waals surface area contributed by atoms with Gasteiger partial charge in [0.25, 0.3) is 0 Å². The van der Waals surface area contributed by atoms with Crippen molar-refractivity contribution < 1.29 is 0 Å². The van der Waals surface area contributed by atoms with E-state index in [1.54, 1.807) is 0 Å². The smallest absolute Gasteiger partial charge is 0.0693 e.